The van der Waals surface area contributed by atoms with E-state index in [-0.39, 0.29) is 0 Å². The maximum atomic E-state index is 4.20. The number of aliphatic imine (C=N–C) groups is 1. The number of nitrogens with zero attached hydrogens (tertiary/aromatic N) is 2. The predicted molar refractivity (Wildman–Crippen MR) is 63.8 cm³/mol. The molecular formula is C12H15N3. The minimum Gasteiger partial charge on any atom is -0.306 e. The van der Waals surface area contributed by atoms with Gasteiger partial charge in [0.1, 0.15) is 0 Å². The molecule has 1 aromatic rings. The molecule has 0 atom stereocenters. The SMILES string of the molecule is C=CN=C(C=C)CNCc1ccccn1. The Labute approximate surface area is 90.3 Å². The third kappa shape index (κ3) is 4.33. The lowest BCUT2D eigenvalue weighted by molar-refractivity contribution is 0.756. The summed E-state index contributed by atoms with van der Waals surface area (Å²) in [7, 11) is 0. The molecule has 0 aliphatic rings. The quantitative estimate of drug-likeness (QED) is 0.714. The largest absolute Gasteiger partial charge is 0.306 e. The lowest BCUT2D eigenvalue weighted by Crippen LogP contribution is -2.21. The average molecular weight is 201 g/mol. The van der Waals surface area contributed by atoms with Gasteiger partial charge in [-0.15, -0.1) is 0 Å². The summed E-state index contributed by atoms with van der Waals surface area (Å²) < 4.78 is 0. The number of aromatic nitrogens is 1. The minimum absolute atomic E-state index is 0.673. The number of hydrogen-bond acceptors (Lipinski definition) is 3. The molecule has 0 radical (unpaired) electrons. The van der Waals surface area contributed by atoms with Crippen molar-refractivity contribution in [2.24, 2.45) is 4.99 Å². The van der Waals surface area contributed by atoms with E-state index in [9.17, 15) is 0 Å². The Kier molecular flexibility index (Phi) is 5.04. The van der Waals surface area contributed by atoms with Crippen LogP contribution in [-0.4, -0.2) is 17.2 Å². The first kappa shape index (κ1) is 11.3. The molecule has 0 aliphatic heterocycles. The van der Waals surface area contributed by atoms with Crippen molar-refractivity contribution in [3.05, 3.63) is 55.5 Å². The first-order valence-electron chi connectivity index (χ1n) is 4.77. The molecule has 3 nitrogen and oxygen atoms in total. The fourth-order valence-electron chi connectivity index (χ4n) is 1.11. The zero-order chi connectivity index (χ0) is 10.9. The Balaban J connectivity index is 2.36. The van der Waals surface area contributed by atoms with E-state index in [1.807, 2.05) is 18.2 Å². The molecule has 1 rings (SSSR count). The van der Waals surface area contributed by atoms with Crippen molar-refractivity contribution in [3.63, 3.8) is 0 Å². The molecule has 15 heavy (non-hydrogen) atoms. The lowest BCUT2D eigenvalue weighted by Gasteiger charge is -2.03. The van der Waals surface area contributed by atoms with Gasteiger partial charge in [0.2, 0.25) is 0 Å². The Morgan fingerprint density at radius 1 is 1.47 bits per heavy atom. The van der Waals surface area contributed by atoms with Crippen molar-refractivity contribution >= 4 is 5.71 Å². The molecule has 0 saturated heterocycles. The monoisotopic (exact) mass is 201 g/mol. The summed E-state index contributed by atoms with van der Waals surface area (Å²) in [6.07, 6.45) is 5.01. The topological polar surface area (TPSA) is 37.3 Å². The van der Waals surface area contributed by atoms with Gasteiger partial charge in [-0.2, -0.15) is 0 Å². The van der Waals surface area contributed by atoms with E-state index in [4.69, 9.17) is 0 Å². The van der Waals surface area contributed by atoms with Gasteiger partial charge in [0.05, 0.1) is 11.4 Å². The summed E-state index contributed by atoms with van der Waals surface area (Å²) in [4.78, 5) is 8.25. The van der Waals surface area contributed by atoms with Crippen LogP contribution in [0.4, 0.5) is 0 Å². The molecule has 1 N–H and O–H groups in total. The van der Waals surface area contributed by atoms with Crippen molar-refractivity contribution in [1.29, 1.82) is 0 Å². The summed E-state index contributed by atoms with van der Waals surface area (Å²) in [5.41, 5.74) is 1.89. The van der Waals surface area contributed by atoms with E-state index in [0.717, 1.165) is 18.0 Å². The molecule has 0 aliphatic carbocycles. The van der Waals surface area contributed by atoms with Crippen molar-refractivity contribution in [3.8, 4) is 0 Å². The molecule has 1 heterocycles. The summed E-state index contributed by atoms with van der Waals surface area (Å²) in [5.74, 6) is 0. The molecule has 0 fully saturated rings. The molecule has 0 aromatic carbocycles. The summed E-state index contributed by atoms with van der Waals surface area (Å²) in [5, 5.41) is 3.23. The number of rotatable bonds is 6. The van der Waals surface area contributed by atoms with Crippen molar-refractivity contribution in [2.75, 3.05) is 6.54 Å². The minimum atomic E-state index is 0.673. The fourth-order valence-corrected chi connectivity index (χ4v) is 1.11. The Morgan fingerprint density at radius 2 is 2.33 bits per heavy atom. The van der Waals surface area contributed by atoms with Gasteiger partial charge in [-0.1, -0.05) is 19.2 Å². The van der Waals surface area contributed by atoms with Crippen LogP contribution in [0.5, 0.6) is 0 Å². The van der Waals surface area contributed by atoms with Gasteiger partial charge in [-0.3, -0.25) is 9.98 Å². The number of nitrogens with one attached hydrogen (secondary N) is 1. The molecule has 78 valence electrons. The van der Waals surface area contributed by atoms with Gasteiger partial charge < -0.3 is 5.32 Å². The first-order chi connectivity index (χ1) is 7.36. The second-order valence-electron chi connectivity index (χ2n) is 2.93. The van der Waals surface area contributed by atoms with Gasteiger partial charge in [-0.05, 0) is 18.2 Å². The van der Waals surface area contributed by atoms with E-state index in [1.165, 1.54) is 6.20 Å². The molecule has 0 unspecified atom stereocenters. The highest BCUT2D eigenvalue weighted by Gasteiger charge is 1.94. The van der Waals surface area contributed by atoms with Crippen LogP contribution in [0.1, 0.15) is 5.69 Å². The van der Waals surface area contributed by atoms with Crippen molar-refractivity contribution in [2.45, 2.75) is 6.54 Å². The zero-order valence-corrected chi connectivity index (χ0v) is 8.69. The smallest absolute Gasteiger partial charge is 0.0541 e. The third-order valence-corrected chi connectivity index (χ3v) is 1.83. The lowest BCUT2D eigenvalue weighted by atomic mass is 10.3. The van der Waals surface area contributed by atoms with Crippen LogP contribution in [-0.2, 0) is 6.54 Å². The Hall–Kier alpha value is -1.74. The molecular weight excluding hydrogens is 186 g/mol. The average Bonchev–Trinajstić information content (AvgIpc) is 2.29. The highest BCUT2D eigenvalue weighted by atomic mass is 14.9. The van der Waals surface area contributed by atoms with Crippen LogP contribution in [0.3, 0.4) is 0 Å². The van der Waals surface area contributed by atoms with Crippen LogP contribution < -0.4 is 5.32 Å². The van der Waals surface area contributed by atoms with Crippen molar-refractivity contribution < 1.29 is 0 Å². The van der Waals surface area contributed by atoms with Gasteiger partial charge >= 0.3 is 0 Å². The molecule has 0 amide bonds. The second kappa shape index (κ2) is 6.68. The van der Waals surface area contributed by atoms with E-state index in [2.05, 4.69) is 28.5 Å². The van der Waals surface area contributed by atoms with Crippen LogP contribution in [0.15, 0.2) is 54.8 Å². The highest BCUT2D eigenvalue weighted by Crippen LogP contribution is 1.91. The summed E-state index contributed by atoms with van der Waals surface area (Å²) >= 11 is 0. The van der Waals surface area contributed by atoms with E-state index in [1.54, 1.807) is 12.3 Å². The van der Waals surface area contributed by atoms with Gasteiger partial charge in [0.25, 0.3) is 0 Å². The summed E-state index contributed by atoms with van der Waals surface area (Å²) in [6, 6.07) is 5.85. The maximum Gasteiger partial charge on any atom is 0.0541 e. The van der Waals surface area contributed by atoms with Crippen molar-refractivity contribution in [1.82, 2.24) is 10.3 Å². The molecule has 0 spiro atoms. The van der Waals surface area contributed by atoms with E-state index < -0.39 is 0 Å². The maximum absolute atomic E-state index is 4.20. The summed E-state index contributed by atoms with van der Waals surface area (Å²) in [6.45, 7) is 8.61. The van der Waals surface area contributed by atoms with Crippen LogP contribution in [0, 0.1) is 0 Å². The Morgan fingerprint density at radius 3 is 2.93 bits per heavy atom. The normalized spacial score (nSPS) is 11.1. The fraction of sp³-hybridized carbons (Fsp3) is 0.167. The molecule has 0 bridgehead atoms. The van der Waals surface area contributed by atoms with E-state index >= 15 is 0 Å². The number of hydrogen-bond donors (Lipinski definition) is 1. The van der Waals surface area contributed by atoms with Crippen LogP contribution in [0.25, 0.3) is 0 Å². The van der Waals surface area contributed by atoms with Gasteiger partial charge in [0, 0.05) is 25.5 Å². The predicted octanol–water partition coefficient (Wildman–Crippen LogP) is 1.94. The third-order valence-electron chi connectivity index (χ3n) is 1.83. The second-order valence-corrected chi connectivity index (χ2v) is 2.93. The molecule has 1 aromatic heterocycles. The standard InChI is InChI=1S/C12H15N3/c1-3-11(14-4-2)9-13-10-12-7-5-6-8-15-12/h3-8,13H,1-2,9-10H2. The van der Waals surface area contributed by atoms with E-state index in [0.29, 0.717) is 6.54 Å². The first-order valence-corrected chi connectivity index (χ1v) is 4.77. The highest BCUT2D eigenvalue weighted by molar-refractivity contribution is 5.96. The Bertz CT molecular complexity index is 341. The van der Waals surface area contributed by atoms with Gasteiger partial charge in [-0.25, -0.2) is 0 Å². The van der Waals surface area contributed by atoms with Crippen LogP contribution in [0.2, 0.25) is 0 Å². The molecule has 0 saturated carbocycles. The zero-order valence-electron chi connectivity index (χ0n) is 8.69. The molecule has 3 heteroatoms. The number of pyridine rings is 1. The van der Waals surface area contributed by atoms with Crippen LogP contribution >= 0.6 is 0 Å². The van der Waals surface area contributed by atoms with Gasteiger partial charge in [0.15, 0.2) is 0 Å².